The lowest BCUT2D eigenvalue weighted by molar-refractivity contribution is 0.595. The van der Waals surface area contributed by atoms with Crippen molar-refractivity contribution in [3.05, 3.63) is 68.4 Å². The molecule has 1 atom stereocenters. The molecule has 2 N–H and O–H groups in total. The van der Waals surface area contributed by atoms with Crippen molar-refractivity contribution in [2.75, 3.05) is 0 Å². The van der Waals surface area contributed by atoms with Crippen molar-refractivity contribution in [3.63, 3.8) is 0 Å². The Morgan fingerprint density at radius 2 is 1.84 bits per heavy atom. The molecule has 1 unspecified atom stereocenters. The van der Waals surface area contributed by atoms with E-state index >= 15 is 0 Å². The molecule has 0 aliphatic heterocycles. The first-order valence-corrected chi connectivity index (χ1v) is 6.98. The van der Waals surface area contributed by atoms with Crippen LogP contribution in [0.25, 0.3) is 0 Å². The van der Waals surface area contributed by atoms with Gasteiger partial charge in [0.2, 0.25) is 0 Å². The van der Waals surface area contributed by atoms with Crippen LogP contribution in [0.5, 0.6) is 0 Å². The van der Waals surface area contributed by atoms with Crippen molar-refractivity contribution in [3.8, 4) is 0 Å². The lowest BCUT2D eigenvalue weighted by Gasteiger charge is -2.19. The zero-order chi connectivity index (χ0) is 14.2. The minimum atomic E-state index is -0.446. The van der Waals surface area contributed by atoms with Gasteiger partial charge in [-0.2, -0.15) is 0 Å². The number of hydrogen-bond donors (Lipinski definition) is 1. The van der Waals surface area contributed by atoms with Gasteiger partial charge in [0.15, 0.2) is 0 Å². The molecule has 2 aromatic carbocycles. The van der Waals surface area contributed by atoms with Gasteiger partial charge in [-0.1, -0.05) is 34.1 Å². The van der Waals surface area contributed by atoms with E-state index in [4.69, 9.17) is 5.73 Å². The van der Waals surface area contributed by atoms with Crippen molar-refractivity contribution >= 4 is 15.9 Å². The molecule has 1 nitrogen and oxygen atoms in total. The van der Waals surface area contributed by atoms with Crippen LogP contribution in [-0.2, 0) is 0 Å². The van der Waals surface area contributed by atoms with Crippen molar-refractivity contribution < 1.29 is 4.39 Å². The van der Waals surface area contributed by atoms with Gasteiger partial charge in [-0.15, -0.1) is 0 Å². The molecule has 100 valence electrons. The average molecular weight is 322 g/mol. The smallest absolute Gasteiger partial charge is 0.128 e. The SMILES string of the molecule is Cc1cc(C)c(C(N)c2cccc(Br)c2C)c(F)c1. The zero-order valence-corrected chi connectivity index (χ0v) is 12.9. The largest absolute Gasteiger partial charge is 0.320 e. The maximum atomic E-state index is 14.2. The predicted octanol–water partition coefficient (Wildman–Crippen LogP) is 4.56. The van der Waals surface area contributed by atoms with Crippen molar-refractivity contribution in [2.45, 2.75) is 26.8 Å². The lowest BCUT2D eigenvalue weighted by Crippen LogP contribution is -2.16. The van der Waals surface area contributed by atoms with Gasteiger partial charge >= 0.3 is 0 Å². The summed E-state index contributed by atoms with van der Waals surface area (Å²) in [4.78, 5) is 0. The van der Waals surface area contributed by atoms with Gasteiger partial charge in [0.25, 0.3) is 0 Å². The molecule has 0 radical (unpaired) electrons. The number of aryl methyl sites for hydroxylation is 2. The van der Waals surface area contributed by atoms with Crippen LogP contribution in [-0.4, -0.2) is 0 Å². The molecule has 2 aromatic rings. The highest BCUT2D eigenvalue weighted by molar-refractivity contribution is 9.10. The van der Waals surface area contributed by atoms with Crippen LogP contribution in [0.3, 0.4) is 0 Å². The molecule has 0 spiro atoms. The molecular formula is C16H17BrFN. The molecule has 19 heavy (non-hydrogen) atoms. The van der Waals surface area contributed by atoms with Crippen LogP contribution in [0.4, 0.5) is 4.39 Å². The van der Waals surface area contributed by atoms with Gasteiger partial charge in [0.1, 0.15) is 5.82 Å². The Hall–Kier alpha value is -1.19. The van der Waals surface area contributed by atoms with Crippen LogP contribution in [0, 0.1) is 26.6 Å². The fourth-order valence-corrected chi connectivity index (χ4v) is 2.82. The first-order valence-electron chi connectivity index (χ1n) is 6.19. The molecule has 0 saturated carbocycles. The summed E-state index contributed by atoms with van der Waals surface area (Å²) in [5, 5.41) is 0. The summed E-state index contributed by atoms with van der Waals surface area (Å²) >= 11 is 3.49. The highest BCUT2D eigenvalue weighted by Crippen LogP contribution is 2.30. The van der Waals surface area contributed by atoms with E-state index in [2.05, 4.69) is 15.9 Å². The summed E-state index contributed by atoms with van der Waals surface area (Å²) < 4.78 is 15.2. The Morgan fingerprint density at radius 1 is 1.16 bits per heavy atom. The van der Waals surface area contributed by atoms with Gasteiger partial charge in [-0.3, -0.25) is 0 Å². The molecule has 0 aromatic heterocycles. The molecule has 0 amide bonds. The van der Waals surface area contributed by atoms with E-state index in [9.17, 15) is 4.39 Å². The third kappa shape index (κ3) is 2.72. The second-order valence-corrected chi connectivity index (χ2v) is 5.76. The monoisotopic (exact) mass is 321 g/mol. The van der Waals surface area contributed by atoms with E-state index in [1.165, 1.54) is 6.07 Å². The zero-order valence-electron chi connectivity index (χ0n) is 11.3. The first-order chi connectivity index (χ1) is 8.91. The summed E-state index contributed by atoms with van der Waals surface area (Å²) in [5.74, 6) is -0.232. The maximum absolute atomic E-state index is 14.2. The van der Waals surface area contributed by atoms with Crippen LogP contribution >= 0.6 is 15.9 Å². The molecule has 0 aliphatic rings. The summed E-state index contributed by atoms with van der Waals surface area (Å²) in [6.45, 7) is 5.77. The minimum absolute atomic E-state index is 0.232. The van der Waals surface area contributed by atoms with E-state index < -0.39 is 6.04 Å². The molecule has 0 heterocycles. The third-order valence-electron chi connectivity index (χ3n) is 3.44. The van der Waals surface area contributed by atoms with E-state index in [0.29, 0.717) is 5.56 Å². The Labute approximate surface area is 121 Å². The Kier molecular flexibility index (Phi) is 4.07. The second-order valence-electron chi connectivity index (χ2n) is 4.91. The van der Waals surface area contributed by atoms with Gasteiger partial charge in [-0.05, 0) is 55.2 Å². The number of rotatable bonds is 2. The van der Waals surface area contributed by atoms with E-state index in [1.54, 1.807) is 0 Å². The Morgan fingerprint density at radius 3 is 2.47 bits per heavy atom. The molecular weight excluding hydrogens is 305 g/mol. The lowest BCUT2D eigenvalue weighted by atomic mass is 9.91. The third-order valence-corrected chi connectivity index (χ3v) is 4.30. The highest BCUT2D eigenvalue weighted by atomic mass is 79.9. The van der Waals surface area contributed by atoms with Crippen molar-refractivity contribution in [2.24, 2.45) is 5.73 Å². The average Bonchev–Trinajstić information content (AvgIpc) is 2.31. The molecule has 0 saturated heterocycles. The first kappa shape index (κ1) is 14.2. The topological polar surface area (TPSA) is 26.0 Å². The molecule has 2 rings (SSSR count). The Balaban J connectivity index is 2.56. The summed E-state index contributed by atoms with van der Waals surface area (Å²) in [5.41, 5.74) is 10.7. The van der Waals surface area contributed by atoms with Crippen molar-refractivity contribution in [1.82, 2.24) is 0 Å². The predicted molar refractivity (Wildman–Crippen MR) is 80.8 cm³/mol. The highest BCUT2D eigenvalue weighted by Gasteiger charge is 2.18. The quantitative estimate of drug-likeness (QED) is 0.862. The van der Waals surface area contributed by atoms with Crippen LogP contribution < -0.4 is 5.73 Å². The van der Waals surface area contributed by atoms with Crippen molar-refractivity contribution in [1.29, 1.82) is 0 Å². The number of nitrogens with two attached hydrogens (primary N) is 1. The van der Waals surface area contributed by atoms with E-state index in [-0.39, 0.29) is 5.82 Å². The van der Waals surface area contributed by atoms with E-state index in [1.807, 2.05) is 45.0 Å². The number of halogens is 2. The second kappa shape index (κ2) is 5.43. The maximum Gasteiger partial charge on any atom is 0.128 e. The molecule has 0 fully saturated rings. The fraction of sp³-hybridized carbons (Fsp3) is 0.250. The van der Waals surface area contributed by atoms with Crippen LogP contribution in [0.15, 0.2) is 34.8 Å². The summed E-state index contributed by atoms with van der Waals surface area (Å²) in [7, 11) is 0. The van der Waals surface area contributed by atoms with Gasteiger partial charge in [-0.25, -0.2) is 4.39 Å². The summed E-state index contributed by atoms with van der Waals surface area (Å²) in [6, 6.07) is 8.89. The Bertz CT molecular complexity index is 599. The van der Waals surface area contributed by atoms with Crippen LogP contribution in [0.1, 0.15) is 33.9 Å². The summed E-state index contributed by atoms with van der Waals surface area (Å²) in [6.07, 6.45) is 0. The minimum Gasteiger partial charge on any atom is -0.320 e. The fourth-order valence-electron chi connectivity index (χ4n) is 2.44. The molecule has 0 bridgehead atoms. The molecule has 3 heteroatoms. The van der Waals surface area contributed by atoms with Gasteiger partial charge < -0.3 is 5.73 Å². The number of hydrogen-bond acceptors (Lipinski definition) is 1. The number of benzene rings is 2. The van der Waals surface area contributed by atoms with E-state index in [0.717, 1.165) is 26.7 Å². The standard InChI is InChI=1S/C16H17BrFN/c1-9-7-10(2)15(14(18)8-9)16(19)12-5-4-6-13(17)11(12)3/h4-8,16H,19H2,1-3H3. The normalized spacial score (nSPS) is 12.5. The van der Waals surface area contributed by atoms with Gasteiger partial charge in [0.05, 0.1) is 6.04 Å². The van der Waals surface area contributed by atoms with Crippen LogP contribution in [0.2, 0.25) is 0 Å². The van der Waals surface area contributed by atoms with Gasteiger partial charge in [0, 0.05) is 10.0 Å². The molecule has 0 aliphatic carbocycles.